The van der Waals surface area contributed by atoms with Crippen molar-refractivity contribution in [3.8, 4) is 0 Å². The number of rotatable bonds is 5. The van der Waals surface area contributed by atoms with Gasteiger partial charge in [-0.15, -0.1) is 0 Å². The van der Waals surface area contributed by atoms with Crippen LogP contribution in [0.2, 0.25) is 5.02 Å². The van der Waals surface area contributed by atoms with Crippen molar-refractivity contribution in [2.75, 3.05) is 6.61 Å². The standard InChI is InChI=1S/C20H18ClNO4/c1-4-17(23)26-10-16(11(2)3)22-19(24)13-7-5-6-12-15(21)9-8-14(18(12)13)20(22)25/h4-9,11,16H,1,10H2,2-3H3. The quantitative estimate of drug-likeness (QED) is 0.455. The lowest BCUT2D eigenvalue weighted by Crippen LogP contribution is -2.51. The maximum absolute atomic E-state index is 13.1. The average molecular weight is 372 g/mol. The van der Waals surface area contributed by atoms with Gasteiger partial charge in [-0.05, 0) is 24.1 Å². The van der Waals surface area contributed by atoms with Crippen LogP contribution in [0.15, 0.2) is 43.0 Å². The molecule has 0 aromatic heterocycles. The lowest BCUT2D eigenvalue weighted by Gasteiger charge is -2.35. The zero-order valence-corrected chi connectivity index (χ0v) is 15.2. The minimum Gasteiger partial charge on any atom is -0.460 e. The Hall–Kier alpha value is -2.66. The number of nitrogens with zero attached hydrogens (tertiary/aromatic N) is 1. The summed E-state index contributed by atoms with van der Waals surface area (Å²) in [5.41, 5.74) is 0.834. The van der Waals surface area contributed by atoms with Gasteiger partial charge in [-0.1, -0.05) is 44.2 Å². The second kappa shape index (κ2) is 6.92. The predicted octanol–water partition coefficient (Wildman–Crippen LogP) is 3.84. The molecule has 1 aliphatic rings. The maximum Gasteiger partial charge on any atom is 0.330 e. The van der Waals surface area contributed by atoms with E-state index in [2.05, 4.69) is 6.58 Å². The molecule has 0 aliphatic carbocycles. The third-order valence-corrected chi connectivity index (χ3v) is 4.88. The van der Waals surface area contributed by atoms with Crippen molar-refractivity contribution >= 4 is 40.2 Å². The fourth-order valence-electron chi connectivity index (χ4n) is 3.17. The third kappa shape index (κ3) is 2.88. The van der Waals surface area contributed by atoms with Crippen molar-refractivity contribution in [3.05, 3.63) is 59.1 Å². The van der Waals surface area contributed by atoms with Gasteiger partial charge in [0.05, 0.1) is 6.04 Å². The number of halogens is 1. The van der Waals surface area contributed by atoms with Crippen LogP contribution in [0.1, 0.15) is 34.6 Å². The number of esters is 1. The number of carbonyl (C=O) groups excluding carboxylic acids is 3. The molecule has 5 nitrogen and oxygen atoms in total. The number of benzene rings is 2. The molecule has 1 atom stereocenters. The van der Waals surface area contributed by atoms with E-state index in [1.807, 2.05) is 13.8 Å². The first-order chi connectivity index (χ1) is 12.4. The summed E-state index contributed by atoms with van der Waals surface area (Å²) in [7, 11) is 0. The first kappa shape index (κ1) is 18.1. The van der Waals surface area contributed by atoms with Gasteiger partial charge in [0.15, 0.2) is 0 Å². The largest absolute Gasteiger partial charge is 0.460 e. The molecule has 2 amide bonds. The number of carbonyl (C=O) groups is 3. The second-order valence-electron chi connectivity index (χ2n) is 6.45. The van der Waals surface area contributed by atoms with Crippen molar-refractivity contribution in [3.63, 3.8) is 0 Å². The molecule has 1 aliphatic heterocycles. The van der Waals surface area contributed by atoms with Crippen molar-refractivity contribution in [2.24, 2.45) is 5.92 Å². The zero-order valence-electron chi connectivity index (χ0n) is 14.5. The van der Waals surface area contributed by atoms with E-state index in [9.17, 15) is 14.4 Å². The van der Waals surface area contributed by atoms with Crippen LogP contribution in [-0.2, 0) is 9.53 Å². The van der Waals surface area contributed by atoms with Gasteiger partial charge in [0.1, 0.15) is 6.61 Å². The molecule has 26 heavy (non-hydrogen) atoms. The van der Waals surface area contributed by atoms with E-state index < -0.39 is 23.8 Å². The molecule has 1 heterocycles. The van der Waals surface area contributed by atoms with Crippen molar-refractivity contribution in [2.45, 2.75) is 19.9 Å². The minimum absolute atomic E-state index is 0.0844. The number of hydrogen-bond donors (Lipinski definition) is 0. The van der Waals surface area contributed by atoms with Gasteiger partial charge in [-0.25, -0.2) is 4.79 Å². The summed E-state index contributed by atoms with van der Waals surface area (Å²) in [6, 6.07) is 7.89. The minimum atomic E-state index is -0.596. The molecule has 0 bridgehead atoms. The van der Waals surface area contributed by atoms with Gasteiger partial charge in [0, 0.05) is 33.0 Å². The monoisotopic (exact) mass is 371 g/mol. The molecule has 0 radical (unpaired) electrons. The van der Waals surface area contributed by atoms with Crippen LogP contribution >= 0.6 is 11.6 Å². The predicted molar refractivity (Wildman–Crippen MR) is 99.2 cm³/mol. The number of ether oxygens (including phenoxy) is 1. The van der Waals surface area contributed by atoms with E-state index in [1.54, 1.807) is 30.3 Å². The highest BCUT2D eigenvalue weighted by Gasteiger charge is 2.39. The Balaban J connectivity index is 2.09. The summed E-state index contributed by atoms with van der Waals surface area (Å²) in [5, 5.41) is 1.72. The van der Waals surface area contributed by atoms with Gasteiger partial charge in [0.2, 0.25) is 0 Å². The molecular weight excluding hydrogens is 354 g/mol. The Labute approximate surface area is 156 Å². The highest BCUT2D eigenvalue weighted by Crippen LogP contribution is 2.35. The van der Waals surface area contributed by atoms with Gasteiger partial charge in [0.25, 0.3) is 11.8 Å². The van der Waals surface area contributed by atoms with E-state index in [4.69, 9.17) is 16.3 Å². The Bertz CT molecular complexity index is 913. The van der Waals surface area contributed by atoms with Crippen LogP contribution in [0.5, 0.6) is 0 Å². The fraction of sp³-hybridized carbons (Fsp3) is 0.250. The van der Waals surface area contributed by atoms with E-state index >= 15 is 0 Å². The Morgan fingerprint density at radius 3 is 2.46 bits per heavy atom. The zero-order chi connectivity index (χ0) is 19.0. The molecule has 0 spiro atoms. The molecule has 134 valence electrons. The Kier molecular flexibility index (Phi) is 4.83. The van der Waals surface area contributed by atoms with E-state index in [1.165, 1.54) is 4.90 Å². The summed E-state index contributed by atoms with van der Waals surface area (Å²) in [6.45, 7) is 7.00. The summed E-state index contributed by atoms with van der Waals surface area (Å²) < 4.78 is 5.12. The molecule has 6 heteroatoms. The van der Waals surface area contributed by atoms with Gasteiger partial charge < -0.3 is 4.74 Å². The van der Waals surface area contributed by atoms with Gasteiger partial charge in [-0.3, -0.25) is 14.5 Å². The summed E-state index contributed by atoms with van der Waals surface area (Å²) in [5.74, 6) is -1.53. The molecule has 0 fully saturated rings. The van der Waals surface area contributed by atoms with Crippen molar-refractivity contribution < 1.29 is 19.1 Å². The highest BCUT2D eigenvalue weighted by atomic mass is 35.5. The molecule has 3 rings (SSSR count). The molecule has 2 aromatic carbocycles. The molecular formula is C20H18ClNO4. The molecule has 0 saturated heterocycles. The average Bonchev–Trinajstić information content (AvgIpc) is 2.62. The second-order valence-corrected chi connectivity index (χ2v) is 6.86. The summed E-state index contributed by atoms with van der Waals surface area (Å²) in [6.07, 6.45) is 1.05. The number of hydrogen-bond acceptors (Lipinski definition) is 4. The first-order valence-electron chi connectivity index (χ1n) is 8.25. The summed E-state index contributed by atoms with van der Waals surface area (Å²) >= 11 is 6.22. The SMILES string of the molecule is C=CC(=O)OCC(C(C)C)N1C(=O)c2cccc3c(Cl)ccc(c23)C1=O. The van der Waals surface area contributed by atoms with E-state index in [-0.39, 0.29) is 12.5 Å². The van der Waals surface area contributed by atoms with E-state index in [0.717, 1.165) is 6.08 Å². The number of imide groups is 1. The molecule has 0 saturated carbocycles. The summed E-state index contributed by atoms with van der Waals surface area (Å²) in [4.78, 5) is 38.8. The maximum atomic E-state index is 13.1. The van der Waals surface area contributed by atoms with Crippen LogP contribution < -0.4 is 0 Å². The van der Waals surface area contributed by atoms with Crippen molar-refractivity contribution in [1.29, 1.82) is 0 Å². The smallest absolute Gasteiger partial charge is 0.330 e. The lowest BCUT2D eigenvalue weighted by atomic mass is 9.91. The van der Waals surface area contributed by atoms with Gasteiger partial charge in [-0.2, -0.15) is 0 Å². The van der Waals surface area contributed by atoms with Crippen LogP contribution in [-0.4, -0.2) is 35.3 Å². The fourth-order valence-corrected chi connectivity index (χ4v) is 3.39. The molecule has 0 N–H and O–H groups in total. The van der Waals surface area contributed by atoms with Crippen LogP contribution in [0.25, 0.3) is 10.8 Å². The van der Waals surface area contributed by atoms with Crippen molar-refractivity contribution in [1.82, 2.24) is 4.90 Å². The lowest BCUT2D eigenvalue weighted by molar-refractivity contribution is -0.139. The van der Waals surface area contributed by atoms with Crippen LogP contribution in [0.3, 0.4) is 0 Å². The normalized spacial score (nSPS) is 14.7. The topological polar surface area (TPSA) is 63.7 Å². The van der Waals surface area contributed by atoms with E-state index in [0.29, 0.717) is 26.9 Å². The van der Waals surface area contributed by atoms with Gasteiger partial charge >= 0.3 is 5.97 Å². The Morgan fingerprint density at radius 2 is 1.85 bits per heavy atom. The first-order valence-corrected chi connectivity index (χ1v) is 8.63. The Morgan fingerprint density at radius 1 is 1.19 bits per heavy atom. The van der Waals surface area contributed by atoms with Crippen LogP contribution in [0.4, 0.5) is 0 Å². The third-order valence-electron chi connectivity index (χ3n) is 4.55. The van der Waals surface area contributed by atoms with Crippen LogP contribution in [0, 0.1) is 5.92 Å². The molecule has 1 unspecified atom stereocenters. The number of amides is 2. The molecule has 2 aromatic rings. The highest BCUT2D eigenvalue weighted by molar-refractivity contribution is 6.38.